The van der Waals surface area contributed by atoms with E-state index in [2.05, 4.69) is 10.9 Å². The predicted molar refractivity (Wildman–Crippen MR) is 89.5 cm³/mol. The number of hydrogen-bond acceptors (Lipinski definition) is 3. The van der Waals surface area contributed by atoms with Gasteiger partial charge in [0.05, 0.1) is 15.0 Å². The van der Waals surface area contributed by atoms with Gasteiger partial charge in [0.25, 0.3) is 0 Å². The average molecular weight is 341 g/mol. The minimum absolute atomic E-state index is 0.0307. The van der Waals surface area contributed by atoms with E-state index in [9.17, 15) is 13.0 Å². The van der Waals surface area contributed by atoms with Crippen LogP contribution in [0, 0.1) is 17.6 Å². The summed E-state index contributed by atoms with van der Waals surface area (Å²) in [5.74, 6) is 3.20. The lowest BCUT2D eigenvalue weighted by molar-refractivity contribution is 0.385. The Morgan fingerprint density at radius 3 is 2.74 bits per heavy atom. The minimum Gasteiger partial charge on any atom is -0.369 e. The van der Waals surface area contributed by atoms with E-state index in [0.717, 1.165) is 31.0 Å². The highest BCUT2D eigenvalue weighted by Gasteiger charge is 2.49. The molecule has 4 nitrogen and oxygen atoms in total. The number of nitrogens with two attached hydrogens (primary N) is 1. The fourth-order valence-electron chi connectivity index (χ4n) is 3.24. The predicted octanol–water partition coefficient (Wildman–Crippen LogP) is 2.24. The van der Waals surface area contributed by atoms with Crippen LogP contribution in [0.1, 0.15) is 31.7 Å². The Bertz CT molecular complexity index is 774. The number of guanidine groups is 1. The van der Waals surface area contributed by atoms with Crippen LogP contribution < -0.4 is 5.73 Å². The Hall–Kier alpha value is -1.63. The molecule has 0 amide bonds. The van der Waals surface area contributed by atoms with Gasteiger partial charge >= 0.3 is 0 Å². The zero-order valence-electron chi connectivity index (χ0n) is 13.3. The Balaban J connectivity index is 2.21. The maximum absolute atomic E-state index is 14.4. The van der Waals surface area contributed by atoms with Crippen LogP contribution in [0.5, 0.6) is 0 Å². The summed E-state index contributed by atoms with van der Waals surface area (Å²) in [6.07, 6.45) is 2.71. The number of rotatable bonds is 3. The van der Waals surface area contributed by atoms with E-state index in [1.54, 1.807) is 14.0 Å². The third-order valence-electron chi connectivity index (χ3n) is 4.92. The van der Waals surface area contributed by atoms with E-state index in [1.165, 1.54) is 4.31 Å². The molecule has 1 aliphatic heterocycles. The second-order valence-electron chi connectivity index (χ2n) is 6.60. The smallest absolute Gasteiger partial charge is 0.203 e. The van der Waals surface area contributed by atoms with E-state index < -0.39 is 32.1 Å². The van der Waals surface area contributed by atoms with Crippen molar-refractivity contribution in [3.05, 3.63) is 35.4 Å². The Labute approximate surface area is 135 Å². The molecule has 3 atom stereocenters. The first-order valence-corrected chi connectivity index (χ1v) is 9.32. The number of nitrogens with zero attached hydrogens (tertiary/aromatic N) is 2. The lowest BCUT2D eigenvalue weighted by Gasteiger charge is -2.44. The molecule has 23 heavy (non-hydrogen) atoms. The number of benzene rings is 1. The van der Waals surface area contributed by atoms with Crippen LogP contribution in [-0.4, -0.2) is 32.6 Å². The van der Waals surface area contributed by atoms with Gasteiger partial charge in [0.2, 0.25) is 5.96 Å². The highest BCUT2D eigenvalue weighted by atomic mass is 32.2. The molecule has 2 N–H and O–H groups in total. The zero-order chi connectivity index (χ0) is 17.0. The largest absolute Gasteiger partial charge is 0.369 e. The summed E-state index contributed by atoms with van der Waals surface area (Å²) in [5, 5.41) is -0.531. The molecule has 2 aliphatic rings. The molecule has 1 saturated carbocycles. The van der Waals surface area contributed by atoms with E-state index in [0.29, 0.717) is 12.3 Å². The van der Waals surface area contributed by atoms with Gasteiger partial charge in [-0.1, -0.05) is 12.8 Å². The van der Waals surface area contributed by atoms with Crippen molar-refractivity contribution in [2.75, 3.05) is 7.05 Å². The molecule has 1 aliphatic carbocycles. The van der Waals surface area contributed by atoms with E-state index in [4.69, 9.17) is 5.73 Å². The van der Waals surface area contributed by atoms with Crippen molar-refractivity contribution < 1.29 is 13.0 Å². The maximum atomic E-state index is 14.4. The highest BCUT2D eigenvalue weighted by Crippen LogP contribution is 2.45. The molecule has 0 radical (unpaired) electrons. The molecule has 2 unspecified atom stereocenters. The summed E-state index contributed by atoms with van der Waals surface area (Å²) in [7, 11) is -1.22. The monoisotopic (exact) mass is 341 g/mol. The molecule has 0 saturated heterocycles. The van der Waals surface area contributed by atoms with Crippen molar-refractivity contribution >= 4 is 21.5 Å². The third-order valence-corrected chi connectivity index (χ3v) is 7.58. The van der Waals surface area contributed by atoms with Crippen LogP contribution in [0.25, 0.3) is 0 Å². The van der Waals surface area contributed by atoms with Crippen molar-refractivity contribution in [1.82, 2.24) is 4.31 Å². The van der Waals surface area contributed by atoms with Gasteiger partial charge in [-0.15, -0.1) is 0 Å². The highest BCUT2D eigenvalue weighted by molar-refractivity contribution is 7.99. The number of aliphatic imine (C=N–C) groups is 1. The fraction of sp³-hybridized carbons (Fsp3) is 0.500. The van der Waals surface area contributed by atoms with Crippen molar-refractivity contribution in [1.29, 1.82) is 0 Å². The summed E-state index contributed by atoms with van der Waals surface area (Å²) in [4.78, 5) is 4.42. The molecule has 0 aromatic heterocycles. The molecule has 126 valence electrons. The summed E-state index contributed by atoms with van der Waals surface area (Å²) >= 11 is 0. The summed E-state index contributed by atoms with van der Waals surface area (Å²) in [6, 6.07) is 3.24. The molecule has 3 rings (SSSR count). The fourth-order valence-corrected chi connectivity index (χ4v) is 5.45. The van der Waals surface area contributed by atoms with E-state index >= 15 is 0 Å². The Morgan fingerprint density at radius 1 is 1.48 bits per heavy atom. The number of halogens is 2. The van der Waals surface area contributed by atoms with Gasteiger partial charge in [0.1, 0.15) is 17.2 Å². The second kappa shape index (κ2) is 5.19. The summed E-state index contributed by atoms with van der Waals surface area (Å²) < 4.78 is 42.7. The molecule has 1 aromatic carbocycles. The molecule has 1 heterocycles. The molecular weight excluding hydrogens is 320 g/mol. The van der Waals surface area contributed by atoms with Gasteiger partial charge in [-0.2, -0.15) is 0 Å². The molecule has 0 spiro atoms. The third kappa shape index (κ3) is 2.60. The SMILES string of the molecule is C=S1(=O)C(CC2CC2)[C@@](C)(c2cc(F)ccc2F)N=C(N)N1C. The molecular formula is C16H21F2N3OS. The van der Waals surface area contributed by atoms with E-state index in [1.807, 2.05) is 0 Å². The molecule has 1 aromatic rings. The second-order valence-corrected chi connectivity index (χ2v) is 9.09. The average Bonchev–Trinajstić information content (AvgIpc) is 3.28. The van der Waals surface area contributed by atoms with Gasteiger partial charge in [-0.25, -0.2) is 18.0 Å². The van der Waals surface area contributed by atoms with Crippen molar-refractivity contribution in [3.63, 3.8) is 0 Å². The molecule has 0 bridgehead atoms. The van der Waals surface area contributed by atoms with Crippen LogP contribution >= 0.6 is 0 Å². The first-order chi connectivity index (χ1) is 10.7. The quantitative estimate of drug-likeness (QED) is 0.857. The lowest BCUT2D eigenvalue weighted by atomic mass is 9.85. The topological polar surface area (TPSA) is 58.7 Å². The van der Waals surface area contributed by atoms with Crippen molar-refractivity contribution in [2.45, 2.75) is 37.0 Å². The Morgan fingerprint density at radius 2 is 2.13 bits per heavy atom. The zero-order valence-corrected chi connectivity index (χ0v) is 14.1. The van der Waals surface area contributed by atoms with Gasteiger partial charge in [0.15, 0.2) is 0 Å². The minimum atomic E-state index is -2.80. The van der Waals surface area contributed by atoms with Crippen molar-refractivity contribution in [3.8, 4) is 0 Å². The molecule has 7 heteroatoms. The summed E-state index contributed by atoms with van der Waals surface area (Å²) in [5.41, 5.74) is 4.78. The van der Waals surface area contributed by atoms with Gasteiger partial charge in [0, 0.05) is 12.6 Å². The van der Waals surface area contributed by atoms with Crippen LogP contribution in [0.4, 0.5) is 8.78 Å². The maximum Gasteiger partial charge on any atom is 0.203 e. The lowest BCUT2D eigenvalue weighted by Crippen LogP contribution is -2.56. The summed E-state index contributed by atoms with van der Waals surface area (Å²) in [6.45, 7) is 1.67. The van der Waals surface area contributed by atoms with Gasteiger partial charge < -0.3 is 5.73 Å². The Kier molecular flexibility index (Phi) is 3.66. The first-order valence-electron chi connectivity index (χ1n) is 7.57. The van der Waals surface area contributed by atoms with Crippen molar-refractivity contribution in [2.24, 2.45) is 16.6 Å². The molecule has 1 fully saturated rings. The van der Waals surface area contributed by atoms with Gasteiger partial charge in [-0.05, 0) is 43.3 Å². The van der Waals surface area contributed by atoms with Crippen LogP contribution in [0.3, 0.4) is 0 Å². The van der Waals surface area contributed by atoms with Crippen LogP contribution in [0.15, 0.2) is 23.2 Å². The number of hydrogen-bond donors (Lipinski definition) is 1. The van der Waals surface area contributed by atoms with Crippen LogP contribution in [-0.2, 0) is 15.2 Å². The van der Waals surface area contributed by atoms with E-state index in [-0.39, 0.29) is 11.5 Å². The van der Waals surface area contributed by atoms with Gasteiger partial charge in [-0.3, -0.25) is 4.31 Å². The standard InChI is InChI=1S/C16H21F2N3OS/c1-16(12-9-11(17)6-7-13(12)18)14(8-10-4-5-10)23(3,22)21(2)15(19)20-16/h6-7,9-10,14H,3-5,8H2,1-2H3,(H2,19,20)/t14?,16-,23?/m1/s1. The normalized spacial score (nSPS) is 34.3. The van der Waals surface area contributed by atoms with Crippen LogP contribution in [0.2, 0.25) is 0 Å². The first kappa shape index (κ1) is 16.2.